The Bertz CT molecular complexity index is 1450. The van der Waals surface area contributed by atoms with Gasteiger partial charge in [0, 0.05) is 30.1 Å². The fourth-order valence-corrected chi connectivity index (χ4v) is 5.11. The van der Waals surface area contributed by atoms with Crippen LogP contribution >= 0.6 is 0 Å². The number of amides is 4. The van der Waals surface area contributed by atoms with Crippen LogP contribution < -0.4 is 21.3 Å². The third-order valence-electron chi connectivity index (χ3n) is 7.29. The standard InChI is InChI=1S/C32H39N5O6/c1-19(2)15-25-31(41)35-26(17-22-18-34-24-12-8-7-11-23(22)24)30(40)33-14-13-28(39)43-20(3)29(32(42)36-25)37-27(38)16-21-9-5-4-6-10-21/h4-12,18-20,25-26,29,34H,13-17H2,1-3H3,(H,33,40)(H,35,41)(H,36,42)(H,37,38)/t20-,25+,26-,29+/m1/s1. The Balaban J connectivity index is 1.58. The normalized spacial score (nSPS) is 22.2. The van der Waals surface area contributed by atoms with E-state index >= 15 is 0 Å². The predicted octanol–water partition coefficient (Wildman–Crippen LogP) is 1.91. The smallest absolute Gasteiger partial charge is 0.307 e. The van der Waals surface area contributed by atoms with Crippen molar-refractivity contribution in [1.29, 1.82) is 0 Å². The second-order valence-corrected chi connectivity index (χ2v) is 11.3. The lowest BCUT2D eigenvalue weighted by Gasteiger charge is -2.29. The van der Waals surface area contributed by atoms with Gasteiger partial charge in [0.2, 0.25) is 23.6 Å². The maximum absolute atomic E-state index is 13.6. The highest BCUT2D eigenvalue weighted by atomic mass is 16.5. The van der Waals surface area contributed by atoms with E-state index in [0.29, 0.717) is 0 Å². The first kappa shape index (κ1) is 31.3. The average Bonchev–Trinajstić information content (AvgIpc) is 3.37. The Morgan fingerprint density at radius 2 is 1.63 bits per heavy atom. The highest BCUT2D eigenvalue weighted by Crippen LogP contribution is 2.19. The lowest BCUT2D eigenvalue weighted by Crippen LogP contribution is -2.60. The molecule has 11 heteroatoms. The summed E-state index contributed by atoms with van der Waals surface area (Å²) in [6.07, 6.45) is 1.07. The summed E-state index contributed by atoms with van der Waals surface area (Å²) in [6.45, 7) is 5.29. The van der Waals surface area contributed by atoms with E-state index in [4.69, 9.17) is 4.74 Å². The number of cyclic esters (lactones) is 1. The molecule has 0 saturated carbocycles. The number of benzene rings is 2. The van der Waals surface area contributed by atoms with Crippen molar-refractivity contribution in [2.24, 2.45) is 5.92 Å². The fourth-order valence-electron chi connectivity index (χ4n) is 5.11. The van der Waals surface area contributed by atoms with E-state index in [2.05, 4.69) is 26.3 Å². The minimum absolute atomic E-state index is 0.0113. The number of aromatic nitrogens is 1. The molecule has 11 nitrogen and oxygen atoms in total. The van der Waals surface area contributed by atoms with E-state index in [0.717, 1.165) is 22.0 Å². The summed E-state index contributed by atoms with van der Waals surface area (Å²) in [4.78, 5) is 69.2. The lowest BCUT2D eigenvalue weighted by atomic mass is 10.00. The number of rotatable bonds is 7. The van der Waals surface area contributed by atoms with Gasteiger partial charge in [0.1, 0.15) is 24.2 Å². The minimum atomic E-state index is -1.25. The third kappa shape index (κ3) is 8.67. The number of carbonyl (C=O) groups excluding carboxylic acids is 5. The molecule has 2 aromatic carbocycles. The molecular formula is C32H39N5O6. The van der Waals surface area contributed by atoms with Gasteiger partial charge in [-0.05, 0) is 36.5 Å². The van der Waals surface area contributed by atoms with Gasteiger partial charge in [-0.15, -0.1) is 0 Å². The first-order valence-corrected chi connectivity index (χ1v) is 14.6. The van der Waals surface area contributed by atoms with Crippen LogP contribution in [0.1, 0.15) is 44.7 Å². The van der Waals surface area contributed by atoms with Crippen molar-refractivity contribution in [3.05, 3.63) is 71.9 Å². The summed E-state index contributed by atoms with van der Waals surface area (Å²) in [7, 11) is 0. The molecule has 0 bridgehead atoms. The molecule has 1 aliphatic heterocycles. The summed E-state index contributed by atoms with van der Waals surface area (Å²) in [5.41, 5.74) is 2.48. The topological polar surface area (TPSA) is 158 Å². The van der Waals surface area contributed by atoms with Crippen LogP contribution in [0.5, 0.6) is 0 Å². The molecule has 1 saturated heterocycles. The zero-order valence-corrected chi connectivity index (χ0v) is 24.6. The number of aromatic amines is 1. The molecule has 1 aromatic heterocycles. The van der Waals surface area contributed by atoms with Gasteiger partial charge >= 0.3 is 5.97 Å². The number of nitrogens with one attached hydrogen (secondary N) is 5. The third-order valence-corrected chi connectivity index (χ3v) is 7.29. The molecule has 2 heterocycles. The van der Waals surface area contributed by atoms with Gasteiger partial charge in [-0.2, -0.15) is 0 Å². The predicted molar refractivity (Wildman–Crippen MR) is 161 cm³/mol. The summed E-state index contributed by atoms with van der Waals surface area (Å²) in [5, 5.41) is 11.9. The van der Waals surface area contributed by atoms with Gasteiger partial charge in [-0.25, -0.2) is 0 Å². The average molecular weight is 590 g/mol. The summed E-state index contributed by atoms with van der Waals surface area (Å²) >= 11 is 0. The number of hydrogen-bond acceptors (Lipinski definition) is 6. The zero-order chi connectivity index (χ0) is 30.9. The van der Waals surface area contributed by atoms with Crippen molar-refractivity contribution in [1.82, 2.24) is 26.3 Å². The zero-order valence-electron chi connectivity index (χ0n) is 24.6. The highest BCUT2D eigenvalue weighted by Gasteiger charge is 2.34. The highest BCUT2D eigenvalue weighted by molar-refractivity contribution is 5.95. The van der Waals surface area contributed by atoms with Crippen LogP contribution in [-0.2, 0) is 41.6 Å². The first-order chi connectivity index (χ1) is 20.6. The van der Waals surface area contributed by atoms with E-state index in [-0.39, 0.29) is 38.1 Å². The SMILES string of the molecule is CC(C)C[C@@H]1NC(=O)[C@@H](NC(=O)Cc2ccccc2)[C@@H](C)OC(=O)CCNC(=O)[C@@H](Cc2c[nH]c3ccccc23)NC1=O. The van der Waals surface area contributed by atoms with E-state index < -0.39 is 53.8 Å². The molecule has 1 fully saturated rings. The molecule has 0 radical (unpaired) electrons. The van der Waals surface area contributed by atoms with Gasteiger partial charge in [-0.1, -0.05) is 62.4 Å². The van der Waals surface area contributed by atoms with Crippen LogP contribution in [0.25, 0.3) is 10.9 Å². The minimum Gasteiger partial charge on any atom is -0.460 e. The van der Waals surface area contributed by atoms with Gasteiger partial charge in [0.15, 0.2) is 0 Å². The first-order valence-electron chi connectivity index (χ1n) is 14.6. The van der Waals surface area contributed by atoms with Crippen molar-refractivity contribution in [3.63, 3.8) is 0 Å². The number of para-hydroxylation sites is 1. The van der Waals surface area contributed by atoms with Crippen LogP contribution in [0, 0.1) is 5.92 Å². The molecule has 0 aliphatic carbocycles. The number of esters is 1. The molecule has 3 aromatic rings. The molecule has 4 atom stereocenters. The Labute approximate surface area is 250 Å². The van der Waals surface area contributed by atoms with Gasteiger partial charge < -0.3 is 31.0 Å². The molecule has 4 amide bonds. The number of H-pyrrole nitrogens is 1. The Morgan fingerprint density at radius 3 is 2.37 bits per heavy atom. The number of ether oxygens (including phenoxy) is 1. The van der Waals surface area contributed by atoms with E-state index in [1.165, 1.54) is 6.92 Å². The maximum atomic E-state index is 13.6. The van der Waals surface area contributed by atoms with Crippen LogP contribution in [0.4, 0.5) is 0 Å². The van der Waals surface area contributed by atoms with Gasteiger partial charge in [0.25, 0.3) is 0 Å². The van der Waals surface area contributed by atoms with Crippen LogP contribution in [0.3, 0.4) is 0 Å². The summed E-state index contributed by atoms with van der Waals surface area (Å²) < 4.78 is 5.50. The second-order valence-electron chi connectivity index (χ2n) is 11.3. The van der Waals surface area contributed by atoms with Crippen molar-refractivity contribution in [2.75, 3.05) is 6.54 Å². The van der Waals surface area contributed by atoms with Crippen molar-refractivity contribution in [3.8, 4) is 0 Å². The van der Waals surface area contributed by atoms with E-state index in [1.807, 2.05) is 44.2 Å². The molecule has 228 valence electrons. The molecule has 0 unspecified atom stereocenters. The molecule has 1 aliphatic rings. The molecule has 0 spiro atoms. The molecule has 43 heavy (non-hydrogen) atoms. The Kier molecular flexibility index (Phi) is 10.5. The van der Waals surface area contributed by atoms with Crippen LogP contribution in [0.15, 0.2) is 60.8 Å². The number of fused-ring (bicyclic) bond motifs is 1. The maximum Gasteiger partial charge on any atom is 0.307 e. The fraction of sp³-hybridized carbons (Fsp3) is 0.406. The largest absolute Gasteiger partial charge is 0.460 e. The van der Waals surface area contributed by atoms with Crippen molar-refractivity contribution >= 4 is 40.5 Å². The molecule has 4 rings (SSSR count). The molecular weight excluding hydrogens is 550 g/mol. The van der Waals surface area contributed by atoms with Crippen molar-refractivity contribution in [2.45, 2.75) is 70.7 Å². The monoisotopic (exact) mass is 589 g/mol. The quantitative estimate of drug-likeness (QED) is 0.265. The van der Waals surface area contributed by atoms with Gasteiger partial charge in [0.05, 0.1) is 12.8 Å². The Hall–Kier alpha value is -4.67. The number of hydrogen-bond donors (Lipinski definition) is 5. The van der Waals surface area contributed by atoms with Crippen LogP contribution in [-0.4, -0.2) is 65.4 Å². The van der Waals surface area contributed by atoms with Gasteiger partial charge in [-0.3, -0.25) is 24.0 Å². The Morgan fingerprint density at radius 1 is 0.930 bits per heavy atom. The lowest BCUT2D eigenvalue weighted by molar-refractivity contribution is -0.152. The molecule has 5 N–H and O–H groups in total. The van der Waals surface area contributed by atoms with E-state index in [1.54, 1.807) is 30.5 Å². The van der Waals surface area contributed by atoms with Crippen molar-refractivity contribution < 1.29 is 28.7 Å². The second kappa shape index (κ2) is 14.5. The van der Waals surface area contributed by atoms with E-state index in [9.17, 15) is 24.0 Å². The number of carbonyl (C=O) groups is 5. The summed E-state index contributed by atoms with van der Waals surface area (Å²) in [5.74, 6) is -2.73. The summed E-state index contributed by atoms with van der Waals surface area (Å²) in [6, 6.07) is 13.4. The van der Waals surface area contributed by atoms with Crippen LogP contribution in [0.2, 0.25) is 0 Å².